The maximum atomic E-state index is 13.4. The molecule has 0 unspecified atom stereocenters. The van der Waals surface area contributed by atoms with Crippen LogP contribution in [0.3, 0.4) is 0 Å². The fraction of sp³-hybridized carbons (Fsp3) is 0.417. The van der Waals surface area contributed by atoms with Crippen molar-refractivity contribution < 1.29 is 9.18 Å². The summed E-state index contributed by atoms with van der Waals surface area (Å²) in [5.74, 6) is -0.776. The van der Waals surface area contributed by atoms with Gasteiger partial charge in [0.25, 0.3) is 0 Å². The molecule has 1 aromatic carbocycles. The highest BCUT2D eigenvalue weighted by atomic mass is 19.1. The van der Waals surface area contributed by atoms with E-state index in [1.165, 1.54) is 6.07 Å². The van der Waals surface area contributed by atoms with E-state index >= 15 is 0 Å². The normalized spacial score (nSPS) is 12.2. The minimum Gasteiger partial charge on any atom is -0.322 e. The van der Waals surface area contributed by atoms with Gasteiger partial charge in [0, 0.05) is 0 Å². The van der Waals surface area contributed by atoms with Gasteiger partial charge in [-0.2, -0.15) is 0 Å². The predicted octanol–water partition coefficient (Wildman–Crippen LogP) is 2.20. The lowest BCUT2D eigenvalue weighted by Crippen LogP contribution is -2.35. The quantitative estimate of drug-likeness (QED) is 0.823. The monoisotopic (exact) mass is 224 g/mol. The van der Waals surface area contributed by atoms with Crippen molar-refractivity contribution in [2.45, 2.75) is 32.7 Å². The van der Waals surface area contributed by atoms with Crippen LogP contribution in [0.1, 0.15) is 25.3 Å². The Balaban J connectivity index is 2.69. The number of carbonyl (C=O) groups is 1. The van der Waals surface area contributed by atoms with Crippen molar-refractivity contribution in [3.05, 3.63) is 29.6 Å². The minimum atomic E-state index is -0.578. The van der Waals surface area contributed by atoms with Crippen molar-refractivity contribution in [2.24, 2.45) is 5.73 Å². The summed E-state index contributed by atoms with van der Waals surface area (Å²) in [6.45, 7) is 3.73. The van der Waals surface area contributed by atoms with E-state index in [0.717, 1.165) is 12.0 Å². The van der Waals surface area contributed by atoms with Crippen molar-refractivity contribution in [3.63, 3.8) is 0 Å². The van der Waals surface area contributed by atoms with Gasteiger partial charge in [-0.3, -0.25) is 4.79 Å². The maximum absolute atomic E-state index is 13.4. The van der Waals surface area contributed by atoms with E-state index in [2.05, 4.69) is 5.32 Å². The Labute approximate surface area is 94.8 Å². The molecule has 3 nitrogen and oxygen atoms in total. The van der Waals surface area contributed by atoms with Crippen molar-refractivity contribution in [2.75, 3.05) is 5.32 Å². The van der Waals surface area contributed by atoms with Gasteiger partial charge in [-0.05, 0) is 31.0 Å². The summed E-state index contributed by atoms with van der Waals surface area (Å²) in [5.41, 5.74) is 6.62. The zero-order valence-electron chi connectivity index (χ0n) is 9.59. The Bertz CT molecular complexity index is 379. The molecule has 0 spiro atoms. The topological polar surface area (TPSA) is 55.1 Å². The molecular formula is C12H17FN2O. The van der Waals surface area contributed by atoms with Gasteiger partial charge < -0.3 is 11.1 Å². The van der Waals surface area contributed by atoms with Crippen molar-refractivity contribution in [1.82, 2.24) is 0 Å². The zero-order chi connectivity index (χ0) is 12.1. The van der Waals surface area contributed by atoms with Crippen LogP contribution >= 0.6 is 0 Å². The van der Waals surface area contributed by atoms with E-state index in [1.807, 2.05) is 6.92 Å². The molecule has 0 saturated heterocycles. The van der Waals surface area contributed by atoms with E-state index in [9.17, 15) is 9.18 Å². The molecule has 3 N–H and O–H groups in total. The first-order valence-corrected chi connectivity index (χ1v) is 5.37. The molecule has 0 radical (unpaired) electrons. The molecule has 4 heteroatoms. The van der Waals surface area contributed by atoms with Gasteiger partial charge in [-0.1, -0.05) is 19.4 Å². The van der Waals surface area contributed by atoms with E-state index in [1.54, 1.807) is 19.1 Å². The van der Waals surface area contributed by atoms with E-state index in [4.69, 9.17) is 5.73 Å². The number of rotatable bonds is 4. The first kappa shape index (κ1) is 12.6. The number of hydrogen-bond donors (Lipinski definition) is 2. The highest BCUT2D eigenvalue weighted by molar-refractivity contribution is 5.94. The molecule has 1 amide bonds. The van der Waals surface area contributed by atoms with Crippen LogP contribution in [0.2, 0.25) is 0 Å². The molecule has 88 valence electrons. The third-order valence-electron chi connectivity index (χ3n) is 2.32. The fourth-order valence-electron chi connectivity index (χ4n) is 1.39. The lowest BCUT2D eigenvalue weighted by Gasteiger charge is -2.11. The standard InChI is InChI=1S/C12H17FN2O/c1-3-4-10(14)12(16)15-11-6-5-8(2)7-9(11)13/h5-7,10H,3-4,14H2,1-2H3,(H,15,16)/t10-/m1/s1. The largest absolute Gasteiger partial charge is 0.322 e. The van der Waals surface area contributed by atoms with E-state index < -0.39 is 11.9 Å². The average Bonchev–Trinajstić information content (AvgIpc) is 2.22. The summed E-state index contributed by atoms with van der Waals surface area (Å²) in [6, 6.07) is 4.08. The van der Waals surface area contributed by atoms with Gasteiger partial charge in [0.05, 0.1) is 11.7 Å². The number of anilines is 1. The van der Waals surface area contributed by atoms with E-state index in [-0.39, 0.29) is 11.6 Å². The van der Waals surface area contributed by atoms with Crippen LogP contribution in [0.15, 0.2) is 18.2 Å². The summed E-state index contributed by atoms with van der Waals surface area (Å²) >= 11 is 0. The Morgan fingerprint density at radius 3 is 2.81 bits per heavy atom. The van der Waals surface area contributed by atoms with Gasteiger partial charge in [0.15, 0.2) is 0 Å². The molecule has 16 heavy (non-hydrogen) atoms. The highest BCUT2D eigenvalue weighted by Gasteiger charge is 2.13. The molecule has 0 aliphatic rings. The molecule has 0 fully saturated rings. The Hall–Kier alpha value is -1.42. The van der Waals surface area contributed by atoms with Crippen LogP contribution in [0.25, 0.3) is 0 Å². The van der Waals surface area contributed by atoms with Gasteiger partial charge in [-0.25, -0.2) is 4.39 Å². The number of nitrogens with one attached hydrogen (secondary N) is 1. The summed E-state index contributed by atoms with van der Waals surface area (Å²) in [6.07, 6.45) is 1.42. The van der Waals surface area contributed by atoms with Gasteiger partial charge in [-0.15, -0.1) is 0 Å². The molecule has 0 aromatic heterocycles. The first-order chi connectivity index (χ1) is 7.54. The number of halogens is 1. The molecule has 0 heterocycles. The van der Waals surface area contributed by atoms with Crippen molar-refractivity contribution >= 4 is 11.6 Å². The lowest BCUT2D eigenvalue weighted by atomic mass is 10.1. The number of aryl methyl sites for hydroxylation is 1. The van der Waals surface area contributed by atoms with Crippen LogP contribution in [0.4, 0.5) is 10.1 Å². The van der Waals surface area contributed by atoms with Crippen LogP contribution < -0.4 is 11.1 Å². The predicted molar refractivity (Wildman–Crippen MR) is 62.7 cm³/mol. The molecule has 0 bridgehead atoms. The van der Waals surface area contributed by atoms with Crippen LogP contribution in [-0.4, -0.2) is 11.9 Å². The molecule has 1 aromatic rings. The van der Waals surface area contributed by atoms with Gasteiger partial charge in [0.2, 0.25) is 5.91 Å². The summed E-state index contributed by atoms with van der Waals surface area (Å²) < 4.78 is 13.4. The first-order valence-electron chi connectivity index (χ1n) is 5.37. The molecule has 0 aliphatic carbocycles. The van der Waals surface area contributed by atoms with Crippen molar-refractivity contribution in [3.8, 4) is 0 Å². The fourth-order valence-corrected chi connectivity index (χ4v) is 1.39. The maximum Gasteiger partial charge on any atom is 0.241 e. The SMILES string of the molecule is CCC[C@@H](N)C(=O)Nc1ccc(C)cc1F. The van der Waals surface area contributed by atoms with Crippen LogP contribution in [0, 0.1) is 12.7 Å². The number of carbonyl (C=O) groups excluding carboxylic acids is 1. The molecule has 0 saturated carbocycles. The second-order valence-electron chi connectivity index (χ2n) is 3.87. The number of amides is 1. The second-order valence-corrected chi connectivity index (χ2v) is 3.87. The minimum absolute atomic E-state index is 0.183. The van der Waals surface area contributed by atoms with Gasteiger partial charge >= 0.3 is 0 Å². The Kier molecular flexibility index (Phi) is 4.43. The highest BCUT2D eigenvalue weighted by Crippen LogP contribution is 2.15. The lowest BCUT2D eigenvalue weighted by molar-refractivity contribution is -0.117. The third kappa shape index (κ3) is 3.31. The molecule has 1 atom stereocenters. The Morgan fingerprint density at radius 1 is 1.56 bits per heavy atom. The summed E-state index contributed by atoms with van der Waals surface area (Å²) in [5, 5.41) is 2.48. The smallest absolute Gasteiger partial charge is 0.241 e. The summed E-state index contributed by atoms with van der Waals surface area (Å²) in [4.78, 5) is 11.5. The number of nitrogens with two attached hydrogens (primary N) is 1. The Morgan fingerprint density at radius 2 is 2.25 bits per heavy atom. The second kappa shape index (κ2) is 5.61. The molecular weight excluding hydrogens is 207 g/mol. The molecule has 0 aliphatic heterocycles. The number of hydrogen-bond acceptors (Lipinski definition) is 2. The third-order valence-corrected chi connectivity index (χ3v) is 2.32. The van der Waals surface area contributed by atoms with Gasteiger partial charge in [0.1, 0.15) is 5.82 Å². The van der Waals surface area contributed by atoms with Crippen LogP contribution in [-0.2, 0) is 4.79 Å². The molecule has 1 rings (SSSR count). The number of benzene rings is 1. The van der Waals surface area contributed by atoms with Crippen molar-refractivity contribution in [1.29, 1.82) is 0 Å². The average molecular weight is 224 g/mol. The van der Waals surface area contributed by atoms with E-state index in [0.29, 0.717) is 6.42 Å². The zero-order valence-corrected chi connectivity index (χ0v) is 9.59. The van der Waals surface area contributed by atoms with Crippen LogP contribution in [0.5, 0.6) is 0 Å². The summed E-state index contributed by atoms with van der Waals surface area (Å²) in [7, 11) is 0.